The molecule has 28 heavy (non-hydrogen) atoms. The number of nitrogen functional groups attached to an aromatic ring is 1. The number of pyridine rings is 3. The van der Waals surface area contributed by atoms with Gasteiger partial charge in [0.25, 0.3) is 5.91 Å². The molecule has 7 nitrogen and oxygen atoms in total. The van der Waals surface area contributed by atoms with Crippen LogP contribution in [0.5, 0.6) is 0 Å². The van der Waals surface area contributed by atoms with Crippen LogP contribution in [0.3, 0.4) is 0 Å². The summed E-state index contributed by atoms with van der Waals surface area (Å²) in [6.45, 7) is 4.15. The Bertz CT molecular complexity index is 1040. The SMILES string of the molecule is C=C(S/C=C(\N)c1ccccn1)c1ccncc1-c1cncc(C(=O)NN)c1. The van der Waals surface area contributed by atoms with Crippen molar-refractivity contribution in [2.75, 3.05) is 0 Å². The number of thioether (sulfide) groups is 1. The topological polar surface area (TPSA) is 120 Å². The van der Waals surface area contributed by atoms with Gasteiger partial charge in [-0.25, -0.2) is 5.84 Å². The van der Waals surface area contributed by atoms with Crippen molar-refractivity contribution in [3.63, 3.8) is 0 Å². The minimum Gasteiger partial charge on any atom is -0.397 e. The Kier molecular flexibility index (Phi) is 6.15. The second-order valence-electron chi connectivity index (χ2n) is 5.69. The predicted molar refractivity (Wildman–Crippen MR) is 112 cm³/mol. The van der Waals surface area contributed by atoms with E-state index in [1.165, 1.54) is 18.0 Å². The smallest absolute Gasteiger partial charge is 0.266 e. The molecule has 0 unspecified atom stereocenters. The highest BCUT2D eigenvalue weighted by atomic mass is 32.2. The monoisotopic (exact) mass is 390 g/mol. The third-order valence-corrected chi connectivity index (χ3v) is 4.73. The van der Waals surface area contributed by atoms with Crippen LogP contribution >= 0.6 is 11.8 Å². The van der Waals surface area contributed by atoms with E-state index < -0.39 is 5.91 Å². The highest BCUT2D eigenvalue weighted by molar-refractivity contribution is 8.11. The molecule has 5 N–H and O–H groups in total. The zero-order chi connectivity index (χ0) is 19.9. The summed E-state index contributed by atoms with van der Waals surface area (Å²) in [6.07, 6.45) is 8.17. The van der Waals surface area contributed by atoms with Crippen LogP contribution in [0.1, 0.15) is 21.6 Å². The summed E-state index contributed by atoms with van der Waals surface area (Å²) in [5.41, 5.74) is 12.2. The number of nitrogens with zero attached hydrogens (tertiary/aromatic N) is 3. The van der Waals surface area contributed by atoms with Crippen molar-refractivity contribution < 1.29 is 4.79 Å². The van der Waals surface area contributed by atoms with Crippen LogP contribution in [0.25, 0.3) is 21.7 Å². The van der Waals surface area contributed by atoms with E-state index in [2.05, 4.69) is 27.0 Å². The van der Waals surface area contributed by atoms with E-state index in [1.54, 1.807) is 36.3 Å². The lowest BCUT2D eigenvalue weighted by atomic mass is 10.0. The van der Waals surface area contributed by atoms with Gasteiger partial charge in [-0.2, -0.15) is 0 Å². The molecule has 0 aliphatic heterocycles. The van der Waals surface area contributed by atoms with Gasteiger partial charge in [0.2, 0.25) is 0 Å². The minimum atomic E-state index is -0.418. The minimum absolute atomic E-state index is 0.354. The first-order valence-corrected chi connectivity index (χ1v) is 9.11. The Labute approximate surface area is 166 Å². The number of hydrogen-bond donors (Lipinski definition) is 3. The van der Waals surface area contributed by atoms with Crippen LogP contribution in [-0.4, -0.2) is 20.9 Å². The Morgan fingerprint density at radius 1 is 1.14 bits per heavy atom. The average Bonchev–Trinajstić information content (AvgIpc) is 2.77. The Balaban J connectivity index is 1.88. The van der Waals surface area contributed by atoms with E-state index in [0.717, 1.165) is 21.6 Å². The molecular weight excluding hydrogens is 372 g/mol. The molecular formula is C20H18N6OS. The van der Waals surface area contributed by atoms with Crippen molar-refractivity contribution in [2.24, 2.45) is 11.6 Å². The maximum atomic E-state index is 11.8. The molecule has 0 bridgehead atoms. The van der Waals surface area contributed by atoms with Crippen molar-refractivity contribution in [1.29, 1.82) is 0 Å². The molecule has 0 aliphatic carbocycles. The van der Waals surface area contributed by atoms with Gasteiger partial charge in [-0.05, 0) is 29.8 Å². The van der Waals surface area contributed by atoms with Gasteiger partial charge >= 0.3 is 0 Å². The van der Waals surface area contributed by atoms with Gasteiger partial charge in [0, 0.05) is 52.4 Å². The number of nitrogens with two attached hydrogens (primary N) is 2. The molecule has 0 saturated carbocycles. The molecule has 0 atom stereocenters. The van der Waals surface area contributed by atoms with Crippen molar-refractivity contribution in [3.8, 4) is 11.1 Å². The molecule has 0 aromatic carbocycles. The van der Waals surface area contributed by atoms with Gasteiger partial charge < -0.3 is 5.73 Å². The fourth-order valence-corrected chi connectivity index (χ4v) is 3.15. The zero-order valence-electron chi connectivity index (χ0n) is 14.9. The second-order valence-corrected chi connectivity index (χ2v) is 6.65. The van der Waals surface area contributed by atoms with Crippen LogP contribution in [0, 0.1) is 0 Å². The highest BCUT2D eigenvalue weighted by Gasteiger charge is 2.12. The summed E-state index contributed by atoms with van der Waals surface area (Å²) in [6, 6.07) is 9.10. The van der Waals surface area contributed by atoms with Gasteiger partial charge in [0.15, 0.2) is 0 Å². The van der Waals surface area contributed by atoms with E-state index in [9.17, 15) is 4.79 Å². The number of rotatable bonds is 6. The van der Waals surface area contributed by atoms with Gasteiger partial charge in [-0.15, -0.1) is 0 Å². The van der Waals surface area contributed by atoms with Crippen molar-refractivity contribution in [3.05, 3.63) is 90.1 Å². The average molecular weight is 390 g/mol. The molecule has 3 heterocycles. The molecule has 0 radical (unpaired) electrons. The van der Waals surface area contributed by atoms with E-state index in [1.807, 2.05) is 24.3 Å². The fraction of sp³-hybridized carbons (Fsp3) is 0. The van der Waals surface area contributed by atoms with Crippen LogP contribution in [-0.2, 0) is 0 Å². The first-order chi connectivity index (χ1) is 13.6. The van der Waals surface area contributed by atoms with E-state index in [-0.39, 0.29) is 0 Å². The second kappa shape index (κ2) is 8.94. The molecule has 3 aromatic heterocycles. The normalized spacial score (nSPS) is 11.1. The van der Waals surface area contributed by atoms with Crippen molar-refractivity contribution in [2.45, 2.75) is 0 Å². The highest BCUT2D eigenvalue weighted by Crippen LogP contribution is 2.34. The quantitative estimate of drug-likeness (QED) is 0.336. The lowest BCUT2D eigenvalue weighted by Gasteiger charge is -2.11. The largest absolute Gasteiger partial charge is 0.397 e. The van der Waals surface area contributed by atoms with Crippen LogP contribution in [0.2, 0.25) is 0 Å². The van der Waals surface area contributed by atoms with Crippen LogP contribution < -0.4 is 17.0 Å². The number of carbonyl (C=O) groups excluding carboxylic acids is 1. The zero-order valence-corrected chi connectivity index (χ0v) is 15.7. The first-order valence-electron chi connectivity index (χ1n) is 8.23. The van der Waals surface area contributed by atoms with E-state index in [0.29, 0.717) is 17.0 Å². The van der Waals surface area contributed by atoms with Gasteiger partial charge in [0.1, 0.15) is 0 Å². The molecule has 0 saturated heterocycles. The molecule has 3 rings (SSSR count). The number of nitrogens with one attached hydrogen (secondary N) is 1. The summed E-state index contributed by atoms with van der Waals surface area (Å²) in [5.74, 6) is 4.79. The van der Waals surface area contributed by atoms with Gasteiger partial charge in [0.05, 0.1) is 17.0 Å². The molecule has 3 aromatic rings. The molecule has 0 fully saturated rings. The summed E-state index contributed by atoms with van der Waals surface area (Å²) in [7, 11) is 0. The van der Waals surface area contributed by atoms with Gasteiger partial charge in [-0.3, -0.25) is 25.2 Å². The molecule has 0 spiro atoms. The molecule has 8 heteroatoms. The van der Waals surface area contributed by atoms with Crippen molar-refractivity contribution in [1.82, 2.24) is 20.4 Å². The summed E-state index contributed by atoms with van der Waals surface area (Å²) in [4.78, 5) is 25.1. The summed E-state index contributed by atoms with van der Waals surface area (Å²) < 4.78 is 0. The van der Waals surface area contributed by atoms with E-state index >= 15 is 0 Å². The maximum Gasteiger partial charge on any atom is 0.266 e. The van der Waals surface area contributed by atoms with E-state index in [4.69, 9.17) is 11.6 Å². The maximum absolute atomic E-state index is 11.8. The number of hydrogen-bond acceptors (Lipinski definition) is 7. The number of amides is 1. The van der Waals surface area contributed by atoms with Crippen LogP contribution in [0.15, 0.2) is 73.3 Å². The summed E-state index contributed by atoms with van der Waals surface area (Å²) in [5, 5.41) is 1.80. The lowest BCUT2D eigenvalue weighted by molar-refractivity contribution is 0.0953. The molecule has 0 aliphatic rings. The third-order valence-electron chi connectivity index (χ3n) is 3.85. The third kappa shape index (κ3) is 4.43. The number of carbonyl (C=O) groups is 1. The van der Waals surface area contributed by atoms with Crippen LogP contribution in [0.4, 0.5) is 0 Å². The van der Waals surface area contributed by atoms with Gasteiger partial charge in [-0.1, -0.05) is 24.4 Å². The Morgan fingerprint density at radius 2 is 2.00 bits per heavy atom. The summed E-state index contributed by atoms with van der Waals surface area (Å²) >= 11 is 1.39. The Morgan fingerprint density at radius 3 is 2.75 bits per heavy atom. The Hall–Kier alpha value is -3.49. The molecule has 1 amide bonds. The number of hydrazine groups is 1. The lowest BCUT2D eigenvalue weighted by Crippen LogP contribution is -2.30. The standard InChI is InChI=1S/C20H18N6OS/c1-13(28-12-18(21)19-4-2-3-6-25-19)16-5-7-23-11-17(16)14-8-15(10-24-9-14)20(27)26-22/h2-12H,1,21-22H2,(H,26,27)/b18-12-. The predicted octanol–water partition coefficient (Wildman–Crippen LogP) is 2.80. The fourth-order valence-electron chi connectivity index (χ4n) is 2.45. The molecule has 140 valence electrons. The first kappa shape index (κ1) is 19.3. The number of aromatic nitrogens is 3. The van der Waals surface area contributed by atoms with Crippen molar-refractivity contribution >= 4 is 28.3 Å².